The van der Waals surface area contributed by atoms with Crippen molar-refractivity contribution in [3.63, 3.8) is 0 Å². The molecule has 0 radical (unpaired) electrons. The molecule has 1 fully saturated rings. The van der Waals surface area contributed by atoms with E-state index in [9.17, 15) is 23.1 Å². The average Bonchev–Trinajstić information content (AvgIpc) is 3.02. The molecule has 0 saturated carbocycles. The summed E-state index contributed by atoms with van der Waals surface area (Å²) in [4.78, 5) is 17.2. The second-order valence-corrected chi connectivity index (χ2v) is 6.26. The van der Waals surface area contributed by atoms with Gasteiger partial charge in [0.1, 0.15) is 23.2 Å². The Morgan fingerprint density at radius 1 is 1.30 bits per heavy atom. The van der Waals surface area contributed by atoms with E-state index in [0.717, 1.165) is 12.1 Å². The van der Waals surface area contributed by atoms with Gasteiger partial charge in [0, 0.05) is 19.2 Å². The van der Waals surface area contributed by atoms with Crippen LogP contribution >= 0.6 is 11.6 Å². The fourth-order valence-electron chi connectivity index (χ4n) is 2.77. The second-order valence-electron chi connectivity index (χ2n) is 5.83. The average molecular weight is 395 g/mol. The van der Waals surface area contributed by atoms with E-state index in [-0.39, 0.29) is 35.6 Å². The number of carboxylic acid groups (broad SMARTS) is 1. The molecule has 10 heteroatoms. The Balaban J connectivity index is 0.00000261. The second kappa shape index (κ2) is 8.42. The monoisotopic (exact) mass is 394 g/mol. The maximum absolute atomic E-state index is 12.6. The molecule has 5 nitrogen and oxygen atoms in total. The van der Waals surface area contributed by atoms with Crippen molar-refractivity contribution in [2.75, 3.05) is 18.0 Å². The number of ether oxygens (including phenoxy) is 1. The van der Waals surface area contributed by atoms with Crippen LogP contribution < -0.4 is 9.64 Å². The van der Waals surface area contributed by atoms with Crippen LogP contribution in [0.4, 0.5) is 19.0 Å². The van der Waals surface area contributed by atoms with Gasteiger partial charge in [-0.25, -0.2) is 9.78 Å². The Labute approximate surface area is 170 Å². The van der Waals surface area contributed by atoms with Crippen LogP contribution in [0.25, 0.3) is 0 Å². The number of nitrogens with zero attached hydrogens (tertiary/aromatic N) is 2. The van der Waals surface area contributed by atoms with Gasteiger partial charge in [0.15, 0.2) is 0 Å². The van der Waals surface area contributed by atoms with E-state index in [2.05, 4.69) is 4.98 Å². The van der Waals surface area contributed by atoms with Gasteiger partial charge in [-0.1, -0.05) is 11.6 Å². The fourth-order valence-corrected chi connectivity index (χ4v) is 2.93. The van der Waals surface area contributed by atoms with Crippen molar-refractivity contribution in [2.45, 2.75) is 18.7 Å². The Morgan fingerprint density at radius 3 is 2.56 bits per heavy atom. The molecular formula is C17H15ClF3LiN2O3. The third-order valence-corrected chi connectivity index (χ3v) is 4.20. The molecule has 1 N–H and O–H groups in total. The number of halogens is 4. The Bertz CT molecular complexity index is 818. The number of pyridine rings is 1. The van der Waals surface area contributed by atoms with Gasteiger partial charge in [-0.3, -0.25) is 0 Å². The molecule has 1 aliphatic heterocycles. The van der Waals surface area contributed by atoms with E-state index in [4.69, 9.17) is 16.3 Å². The molecule has 2 aromatic rings. The summed E-state index contributed by atoms with van der Waals surface area (Å²) in [6.07, 6.45) is -2.72. The van der Waals surface area contributed by atoms with Crippen molar-refractivity contribution < 1.29 is 27.8 Å². The SMILES string of the molecule is O=C(O)c1cc(Cl)cnc1N1CCC(Oc2ccc(C(F)(F)F)cc2)C1.[LiH]. The number of aromatic nitrogens is 1. The van der Waals surface area contributed by atoms with Crippen molar-refractivity contribution in [1.29, 1.82) is 0 Å². The van der Waals surface area contributed by atoms with Crippen LogP contribution in [-0.2, 0) is 6.18 Å². The zero-order valence-corrected chi connectivity index (χ0v) is 14.1. The summed E-state index contributed by atoms with van der Waals surface area (Å²) < 4.78 is 43.5. The van der Waals surface area contributed by atoms with E-state index in [0.29, 0.717) is 31.1 Å². The fraction of sp³-hybridized carbons (Fsp3) is 0.294. The normalized spacial score (nSPS) is 16.7. The molecule has 3 rings (SSSR count). The van der Waals surface area contributed by atoms with Gasteiger partial charge in [-0.15, -0.1) is 0 Å². The van der Waals surface area contributed by atoms with Crippen molar-refractivity contribution in [2.24, 2.45) is 0 Å². The maximum atomic E-state index is 12.6. The first-order valence-corrected chi connectivity index (χ1v) is 8.09. The van der Waals surface area contributed by atoms with Gasteiger partial charge in [0.2, 0.25) is 0 Å². The molecule has 0 amide bonds. The molecule has 140 valence electrons. The minimum atomic E-state index is -4.39. The van der Waals surface area contributed by atoms with E-state index in [1.165, 1.54) is 24.4 Å². The first-order chi connectivity index (χ1) is 12.2. The molecule has 1 saturated heterocycles. The molecule has 0 spiro atoms. The van der Waals surface area contributed by atoms with Gasteiger partial charge < -0.3 is 14.7 Å². The summed E-state index contributed by atoms with van der Waals surface area (Å²) in [5.41, 5.74) is -0.748. The van der Waals surface area contributed by atoms with Crippen LogP contribution in [0, 0.1) is 0 Å². The van der Waals surface area contributed by atoms with Crippen molar-refractivity contribution in [3.8, 4) is 5.75 Å². The van der Waals surface area contributed by atoms with E-state index < -0.39 is 17.7 Å². The van der Waals surface area contributed by atoms with E-state index in [1.807, 2.05) is 0 Å². The van der Waals surface area contributed by atoms with Crippen LogP contribution in [0.5, 0.6) is 5.75 Å². The molecule has 0 bridgehead atoms. The van der Waals surface area contributed by atoms with Crippen molar-refractivity contribution in [1.82, 2.24) is 4.98 Å². The quantitative estimate of drug-likeness (QED) is 0.805. The predicted molar refractivity (Wildman–Crippen MR) is 96.0 cm³/mol. The summed E-state index contributed by atoms with van der Waals surface area (Å²) in [6, 6.07) is 5.80. The van der Waals surface area contributed by atoms with E-state index in [1.54, 1.807) is 4.90 Å². The Kier molecular flexibility index (Phi) is 6.68. The number of hydrogen-bond donors (Lipinski definition) is 1. The Hall–Kier alpha value is -1.88. The third-order valence-electron chi connectivity index (χ3n) is 3.99. The molecule has 1 aromatic heterocycles. The number of rotatable bonds is 4. The molecule has 0 aliphatic carbocycles. The standard InChI is InChI=1S/C17H14ClF3N2O3.Li.H/c18-11-7-14(16(24)25)15(22-8-11)23-6-5-13(9-23)26-12-3-1-10(2-4-12)17(19,20)21;;/h1-4,7-8,13H,5-6,9H2,(H,24,25);;. The molecule has 1 aliphatic rings. The summed E-state index contributed by atoms with van der Waals surface area (Å²) in [6.45, 7) is 0.885. The summed E-state index contributed by atoms with van der Waals surface area (Å²) >= 11 is 5.80. The van der Waals surface area contributed by atoms with Crippen molar-refractivity contribution >= 4 is 42.2 Å². The first-order valence-electron chi connectivity index (χ1n) is 7.72. The number of alkyl halides is 3. The molecule has 27 heavy (non-hydrogen) atoms. The first kappa shape index (κ1) is 21.4. The van der Waals surface area contributed by atoms with Gasteiger partial charge >= 0.3 is 31.0 Å². The summed E-state index contributed by atoms with van der Waals surface area (Å²) in [5, 5.41) is 9.52. The Morgan fingerprint density at radius 2 is 1.96 bits per heavy atom. The topological polar surface area (TPSA) is 62.7 Å². The third kappa shape index (κ3) is 5.10. The number of benzene rings is 1. The van der Waals surface area contributed by atoms with Crippen LogP contribution in [0.1, 0.15) is 22.3 Å². The van der Waals surface area contributed by atoms with Crippen LogP contribution in [0.15, 0.2) is 36.5 Å². The molecule has 1 unspecified atom stereocenters. The molecule has 1 atom stereocenters. The van der Waals surface area contributed by atoms with E-state index >= 15 is 0 Å². The van der Waals surface area contributed by atoms with Crippen LogP contribution in [0.3, 0.4) is 0 Å². The number of hydrogen-bond acceptors (Lipinski definition) is 4. The molecule has 1 aromatic carbocycles. The predicted octanol–water partition coefficient (Wildman–Crippen LogP) is 3.46. The van der Waals surface area contributed by atoms with Gasteiger partial charge in [0.25, 0.3) is 0 Å². The van der Waals surface area contributed by atoms with Crippen molar-refractivity contribution in [3.05, 3.63) is 52.7 Å². The van der Waals surface area contributed by atoms with Crippen LogP contribution in [-0.4, -0.2) is 54.1 Å². The van der Waals surface area contributed by atoms with Gasteiger partial charge in [-0.05, 0) is 30.3 Å². The molecule has 2 heterocycles. The zero-order valence-electron chi connectivity index (χ0n) is 13.3. The van der Waals surface area contributed by atoms with Crippen LogP contribution in [0.2, 0.25) is 5.02 Å². The zero-order chi connectivity index (χ0) is 18.9. The summed E-state index contributed by atoms with van der Waals surface area (Å²) in [7, 11) is 0. The summed E-state index contributed by atoms with van der Waals surface area (Å²) in [5.74, 6) is -0.519. The van der Waals surface area contributed by atoms with Gasteiger partial charge in [-0.2, -0.15) is 13.2 Å². The number of aromatic carboxylic acids is 1. The molecular weight excluding hydrogens is 380 g/mol. The number of carboxylic acids is 1. The van der Waals surface area contributed by atoms with Gasteiger partial charge in [0.05, 0.1) is 17.1 Å². The number of anilines is 1. The number of carbonyl (C=O) groups is 1. The minimum absolute atomic E-state index is 0.